The number of rotatable bonds is 6. The molecule has 0 spiro atoms. The molecule has 182 valence electrons. The lowest BCUT2D eigenvalue weighted by Crippen LogP contribution is -2.18. The largest absolute Gasteiger partial charge is 0.465 e. The number of aromatic nitrogens is 1. The van der Waals surface area contributed by atoms with Gasteiger partial charge in [0.05, 0.1) is 40.7 Å². The highest BCUT2D eigenvalue weighted by molar-refractivity contribution is 6.33. The van der Waals surface area contributed by atoms with Gasteiger partial charge in [-0.2, -0.15) is 5.10 Å². The summed E-state index contributed by atoms with van der Waals surface area (Å²) in [6.07, 6.45) is 1.41. The van der Waals surface area contributed by atoms with Crippen LogP contribution in [0.3, 0.4) is 0 Å². The van der Waals surface area contributed by atoms with E-state index >= 15 is 0 Å². The number of benzene rings is 3. The Labute approximate surface area is 217 Å². The molecule has 2 aromatic heterocycles. The summed E-state index contributed by atoms with van der Waals surface area (Å²) in [6, 6.07) is 27.3. The Balaban J connectivity index is 1.35. The van der Waals surface area contributed by atoms with E-state index in [2.05, 4.69) is 10.5 Å². The minimum absolute atomic E-state index is 0.252. The van der Waals surface area contributed by atoms with E-state index in [1.807, 2.05) is 54.6 Å². The number of hydrazone groups is 1. The first-order valence-corrected chi connectivity index (χ1v) is 11.7. The normalized spacial score (nSPS) is 11.1. The van der Waals surface area contributed by atoms with Gasteiger partial charge in [-0.1, -0.05) is 66.2 Å². The molecule has 37 heavy (non-hydrogen) atoms. The van der Waals surface area contributed by atoms with Gasteiger partial charge in [0, 0.05) is 16.5 Å². The summed E-state index contributed by atoms with van der Waals surface area (Å²) in [5.74, 6) is 0.0631. The molecule has 1 amide bonds. The maximum Gasteiger partial charge on any atom is 0.339 e. The highest BCUT2D eigenvalue weighted by Gasteiger charge is 2.15. The van der Waals surface area contributed by atoms with Gasteiger partial charge < -0.3 is 9.15 Å². The van der Waals surface area contributed by atoms with Crippen LogP contribution in [0.2, 0.25) is 5.02 Å². The van der Waals surface area contributed by atoms with Crippen LogP contribution >= 0.6 is 11.6 Å². The number of fused-ring (bicyclic) bond motifs is 1. The zero-order chi connectivity index (χ0) is 25.8. The molecule has 0 atom stereocenters. The lowest BCUT2D eigenvalue weighted by atomic mass is 10.0. The molecule has 1 N–H and O–H groups in total. The van der Waals surface area contributed by atoms with Gasteiger partial charge in [-0.05, 0) is 36.4 Å². The molecule has 2 heterocycles. The molecule has 7 nitrogen and oxygen atoms in total. The summed E-state index contributed by atoms with van der Waals surface area (Å²) in [7, 11) is 1.29. The number of halogens is 1. The average molecular weight is 510 g/mol. The van der Waals surface area contributed by atoms with E-state index in [9.17, 15) is 9.59 Å². The lowest BCUT2D eigenvalue weighted by molar-refractivity contribution is 0.0600. The van der Waals surface area contributed by atoms with Crippen molar-refractivity contribution in [2.45, 2.75) is 0 Å². The molecule has 0 saturated carbocycles. The number of nitrogens with one attached hydrogen (secondary N) is 1. The number of nitrogens with zero attached hydrogens (tertiary/aromatic N) is 2. The standard InChI is InChI=1S/C29H20ClN3O4/c1-36-29(35)22-13-11-19(15-24(22)30)27-14-12-20(37-27)17-31-33-28(34)23-16-26(18-7-3-2-4-8-18)32-25-10-6-5-9-21(23)25/h2-17H,1H3,(H,33,34)/b31-17+. The molecule has 0 aliphatic heterocycles. The number of pyridine rings is 1. The molecule has 0 radical (unpaired) electrons. The fourth-order valence-electron chi connectivity index (χ4n) is 3.86. The van der Waals surface area contributed by atoms with Crippen molar-refractivity contribution in [2.75, 3.05) is 7.11 Å². The number of hydrogen-bond acceptors (Lipinski definition) is 6. The number of carbonyl (C=O) groups excluding carboxylic acids is 2. The molecule has 5 aromatic rings. The Morgan fingerprint density at radius 2 is 1.70 bits per heavy atom. The second kappa shape index (κ2) is 10.5. The third-order valence-electron chi connectivity index (χ3n) is 5.67. The lowest BCUT2D eigenvalue weighted by Gasteiger charge is -2.09. The number of methoxy groups -OCH3 is 1. The maximum atomic E-state index is 13.1. The monoisotopic (exact) mass is 509 g/mol. The van der Waals surface area contributed by atoms with E-state index in [0.717, 1.165) is 10.9 Å². The number of carbonyl (C=O) groups is 2. The van der Waals surface area contributed by atoms with Crippen LogP contribution < -0.4 is 5.43 Å². The molecule has 8 heteroatoms. The highest BCUT2D eigenvalue weighted by Crippen LogP contribution is 2.28. The van der Waals surface area contributed by atoms with Crippen LogP contribution in [-0.2, 0) is 4.74 Å². The van der Waals surface area contributed by atoms with Crippen molar-refractivity contribution in [1.82, 2.24) is 10.4 Å². The molecule has 0 unspecified atom stereocenters. The smallest absolute Gasteiger partial charge is 0.339 e. The van der Waals surface area contributed by atoms with Crippen LogP contribution in [0.1, 0.15) is 26.5 Å². The first-order chi connectivity index (χ1) is 18.0. The molecule has 3 aromatic carbocycles. The van der Waals surface area contributed by atoms with Gasteiger partial charge in [0.25, 0.3) is 5.91 Å². The molecule has 5 rings (SSSR count). The van der Waals surface area contributed by atoms with E-state index in [0.29, 0.717) is 33.9 Å². The van der Waals surface area contributed by atoms with Crippen LogP contribution in [0.25, 0.3) is 33.5 Å². The first kappa shape index (κ1) is 24.0. The van der Waals surface area contributed by atoms with Crippen molar-refractivity contribution in [3.05, 3.63) is 113 Å². The topological polar surface area (TPSA) is 93.8 Å². The van der Waals surface area contributed by atoms with E-state index in [4.69, 9.17) is 25.7 Å². The van der Waals surface area contributed by atoms with E-state index in [1.54, 1.807) is 36.4 Å². The van der Waals surface area contributed by atoms with Crippen molar-refractivity contribution in [3.8, 4) is 22.6 Å². The van der Waals surface area contributed by atoms with Gasteiger partial charge in [0.1, 0.15) is 11.5 Å². The van der Waals surface area contributed by atoms with Crippen LogP contribution in [0.5, 0.6) is 0 Å². The minimum atomic E-state index is -0.516. The Kier molecular flexibility index (Phi) is 6.78. The van der Waals surface area contributed by atoms with Crippen LogP contribution in [0, 0.1) is 0 Å². The summed E-state index contributed by atoms with van der Waals surface area (Å²) >= 11 is 6.21. The average Bonchev–Trinajstić information content (AvgIpc) is 3.41. The Morgan fingerprint density at radius 3 is 2.49 bits per heavy atom. The van der Waals surface area contributed by atoms with Gasteiger partial charge >= 0.3 is 5.97 Å². The summed E-state index contributed by atoms with van der Waals surface area (Å²) in [6.45, 7) is 0. The number of esters is 1. The summed E-state index contributed by atoms with van der Waals surface area (Å²) in [5.41, 5.74) is 6.30. The molecule has 0 fully saturated rings. The SMILES string of the molecule is COC(=O)c1ccc(-c2ccc(/C=N/NC(=O)c3cc(-c4ccccc4)nc4ccccc34)o2)cc1Cl. The van der Waals surface area contributed by atoms with Gasteiger partial charge in [0.15, 0.2) is 0 Å². The van der Waals surface area contributed by atoms with Gasteiger partial charge in [-0.3, -0.25) is 4.79 Å². The van der Waals surface area contributed by atoms with Crippen LogP contribution in [0.4, 0.5) is 0 Å². The molecule has 0 aliphatic carbocycles. The molecular weight excluding hydrogens is 490 g/mol. The molecular formula is C29H20ClN3O4. The first-order valence-electron chi connectivity index (χ1n) is 11.3. The van der Waals surface area contributed by atoms with E-state index in [-0.39, 0.29) is 16.5 Å². The highest BCUT2D eigenvalue weighted by atomic mass is 35.5. The predicted octanol–water partition coefficient (Wildman–Crippen LogP) is 6.37. The Morgan fingerprint density at radius 1 is 0.919 bits per heavy atom. The van der Waals surface area contributed by atoms with Gasteiger partial charge in [0.2, 0.25) is 0 Å². The number of amides is 1. The second-order valence-electron chi connectivity index (χ2n) is 8.03. The number of furan rings is 1. The zero-order valence-electron chi connectivity index (χ0n) is 19.6. The summed E-state index contributed by atoms with van der Waals surface area (Å²) in [5, 5.41) is 5.05. The van der Waals surface area contributed by atoms with Crippen molar-refractivity contribution >= 4 is 40.6 Å². The van der Waals surface area contributed by atoms with Gasteiger partial charge in [-0.15, -0.1) is 0 Å². The Hall–Kier alpha value is -4.75. The van der Waals surface area contributed by atoms with E-state index in [1.165, 1.54) is 13.3 Å². The van der Waals surface area contributed by atoms with Crippen LogP contribution in [-0.4, -0.2) is 30.2 Å². The molecule has 0 saturated heterocycles. The maximum absolute atomic E-state index is 13.1. The zero-order valence-corrected chi connectivity index (χ0v) is 20.4. The third-order valence-corrected chi connectivity index (χ3v) is 5.99. The van der Waals surface area contributed by atoms with E-state index < -0.39 is 5.97 Å². The van der Waals surface area contributed by atoms with Crippen molar-refractivity contribution in [2.24, 2.45) is 5.10 Å². The Bertz CT molecular complexity index is 1640. The summed E-state index contributed by atoms with van der Waals surface area (Å²) in [4.78, 5) is 29.5. The van der Waals surface area contributed by atoms with Crippen molar-refractivity contribution in [3.63, 3.8) is 0 Å². The fourth-order valence-corrected chi connectivity index (χ4v) is 4.11. The predicted molar refractivity (Wildman–Crippen MR) is 143 cm³/mol. The third kappa shape index (κ3) is 5.12. The van der Waals surface area contributed by atoms with Crippen LogP contribution in [0.15, 0.2) is 101 Å². The van der Waals surface area contributed by atoms with Crippen molar-refractivity contribution in [1.29, 1.82) is 0 Å². The fraction of sp³-hybridized carbons (Fsp3) is 0.0345. The number of ether oxygens (including phenoxy) is 1. The van der Waals surface area contributed by atoms with Gasteiger partial charge in [-0.25, -0.2) is 15.2 Å². The second-order valence-corrected chi connectivity index (χ2v) is 8.43. The molecule has 0 aliphatic rings. The quantitative estimate of drug-likeness (QED) is 0.163. The number of hydrogen-bond donors (Lipinski definition) is 1. The summed E-state index contributed by atoms with van der Waals surface area (Å²) < 4.78 is 10.5. The molecule has 0 bridgehead atoms. The van der Waals surface area contributed by atoms with Crippen molar-refractivity contribution < 1.29 is 18.7 Å². The minimum Gasteiger partial charge on any atom is -0.465 e. The number of para-hydroxylation sites is 1.